The summed E-state index contributed by atoms with van der Waals surface area (Å²) in [7, 11) is -3.72. The summed E-state index contributed by atoms with van der Waals surface area (Å²) in [6.07, 6.45) is 0. The van der Waals surface area contributed by atoms with Crippen LogP contribution in [0.1, 0.15) is 13.8 Å². The van der Waals surface area contributed by atoms with Crippen LogP contribution in [0.3, 0.4) is 0 Å². The molecule has 0 aliphatic rings. The minimum Gasteiger partial charge on any atom is -0.273 e. The van der Waals surface area contributed by atoms with Gasteiger partial charge in [-0.05, 0) is 17.4 Å². The van der Waals surface area contributed by atoms with Gasteiger partial charge in [0, 0.05) is 0 Å². The van der Waals surface area contributed by atoms with Gasteiger partial charge in [0.2, 0.25) is 5.91 Å². The Morgan fingerprint density at radius 2 is 1.88 bits per heavy atom. The molecule has 94 valence electrons. The number of thioether (sulfide) groups is 1. The number of sulfonamides is 1. The van der Waals surface area contributed by atoms with E-state index in [1.807, 2.05) is 18.6 Å². The van der Waals surface area contributed by atoms with Crippen LogP contribution in [0.25, 0.3) is 0 Å². The number of carbonyl (C=O) groups excluding carboxylic acids is 1. The highest BCUT2D eigenvalue weighted by Gasteiger charge is 2.16. The van der Waals surface area contributed by atoms with Gasteiger partial charge >= 0.3 is 0 Å². The van der Waals surface area contributed by atoms with E-state index in [9.17, 15) is 13.2 Å². The van der Waals surface area contributed by atoms with E-state index in [1.54, 1.807) is 18.2 Å². The lowest BCUT2D eigenvalue weighted by Crippen LogP contribution is -2.32. The predicted octanol–water partition coefficient (Wildman–Crippen LogP) is 1.63. The van der Waals surface area contributed by atoms with Crippen molar-refractivity contribution in [1.29, 1.82) is 0 Å². The summed E-state index contributed by atoms with van der Waals surface area (Å²) in [5, 5.41) is 0.292. The monoisotopic (exact) mass is 273 g/mol. The highest BCUT2D eigenvalue weighted by atomic mass is 32.2. The third kappa shape index (κ3) is 4.79. The van der Waals surface area contributed by atoms with Gasteiger partial charge in [-0.15, -0.1) is 11.8 Å². The van der Waals surface area contributed by atoms with E-state index in [0.29, 0.717) is 5.25 Å². The number of hydrogen-bond acceptors (Lipinski definition) is 4. The number of carbonyl (C=O) groups is 1. The van der Waals surface area contributed by atoms with E-state index in [1.165, 1.54) is 23.9 Å². The summed E-state index contributed by atoms with van der Waals surface area (Å²) in [6.45, 7) is 3.90. The third-order valence-corrected chi connectivity index (χ3v) is 4.33. The van der Waals surface area contributed by atoms with Crippen LogP contribution in [-0.2, 0) is 14.8 Å². The SMILES string of the molecule is CC(C)SCC(=O)NS(=O)(=O)c1ccccc1. The summed E-state index contributed by atoms with van der Waals surface area (Å²) in [5.41, 5.74) is 0. The Balaban J connectivity index is 2.65. The quantitative estimate of drug-likeness (QED) is 0.885. The van der Waals surface area contributed by atoms with Crippen molar-refractivity contribution in [2.45, 2.75) is 24.0 Å². The second kappa shape index (κ2) is 6.07. The average molecular weight is 273 g/mol. The van der Waals surface area contributed by atoms with E-state index in [0.717, 1.165) is 0 Å². The Bertz CT molecular complexity index is 469. The van der Waals surface area contributed by atoms with E-state index >= 15 is 0 Å². The van der Waals surface area contributed by atoms with Crippen molar-refractivity contribution >= 4 is 27.7 Å². The maximum absolute atomic E-state index is 11.7. The van der Waals surface area contributed by atoms with Gasteiger partial charge in [0.15, 0.2) is 0 Å². The Labute approximate surface area is 106 Å². The molecule has 0 saturated carbocycles. The smallest absolute Gasteiger partial charge is 0.264 e. The molecule has 1 rings (SSSR count). The van der Waals surface area contributed by atoms with Crippen molar-refractivity contribution in [2.24, 2.45) is 0 Å². The molecule has 17 heavy (non-hydrogen) atoms. The molecule has 0 bridgehead atoms. The first-order chi connectivity index (χ1) is 7.92. The second-order valence-electron chi connectivity index (χ2n) is 3.70. The molecule has 0 heterocycles. The van der Waals surface area contributed by atoms with Crippen molar-refractivity contribution in [1.82, 2.24) is 4.72 Å². The molecule has 0 fully saturated rings. The second-order valence-corrected chi connectivity index (χ2v) is 6.95. The van der Waals surface area contributed by atoms with Crippen LogP contribution in [-0.4, -0.2) is 25.3 Å². The van der Waals surface area contributed by atoms with Gasteiger partial charge in [-0.3, -0.25) is 4.79 Å². The molecular weight excluding hydrogens is 258 g/mol. The normalized spacial score (nSPS) is 11.5. The van der Waals surface area contributed by atoms with Crippen molar-refractivity contribution < 1.29 is 13.2 Å². The Hall–Kier alpha value is -1.01. The van der Waals surface area contributed by atoms with Crippen LogP contribution in [0.4, 0.5) is 0 Å². The molecule has 1 amide bonds. The lowest BCUT2D eigenvalue weighted by Gasteiger charge is -2.07. The zero-order valence-corrected chi connectivity index (χ0v) is 11.3. The standard InChI is InChI=1S/C11H15NO3S2/c1-9(2)16-8-11(13)12-17(14,15)10-6-4-3-5-7-10/h3-7,9H,8H2,1-2H3,(H,12,13). The van der Waals surface area contributed by atoms with Gasteiger partial charge < -0.3 is 0 Å². The van der Waals surface area contributed by atoms with Crippen LogP contribution >= 0.6 is 11.8 Å². The number of benzene rings is 1. The number of nitrogens with one attached hydrogen (secondary N) is 1. The predicted molar refractivity (Wildman–Crippen MR) is 69.4 cm³/mol. The first kappa shape index (κ1) is 14.1. The summed E-state index contributed by atoms with van der Waals surface area (Å²) in [5.74, 6) is -0.350. The molecular formula is C11H15NO3S2. The van der Waals surface area contributed by atoms with Crippen LogP contribution in [0.5, 0.6) is 0 Å². The molecule has 0 saturated heterocycles. The van der Waals surface area contributed by atoms with Gasteiger partial charge in [-0.2, -0.15) is 0 Å². The van der Waals surface area contributed by atoms with E-state index in [2.05, 4.69) is 0 Å². The highest BCUT2D eigenvalue weighted by Crippen LogP contribution is 2.10. The van der Waals surface area contributed by atoms with Gasteiger partial charge in [-0.25, -0.2) is 13.1 Å². The molecule has 0 aliphatic heterocycles. The molecule has 0 radical (unpaired) electrons. The molecule has 4 nitrogen and oxygen atoms in total. The van der Waals surface area contributed by atoms with Crippen LogP contribution in [0.2, 0.25) is 0 Å². The molecule has 0 spiro atoms. The van der Waals surface area contributed by atoms with Gasteiger partial charge in [-0.1, -0.05) is 32.0 Å². The lowest BCUT2D eigenvalue weighted by atomic mass is 10.4. The van der Waals surface area contributed by atoms with Gasteiger partial charge in [0.1, 0.15) is 0 Å². The van der Waals surface area contributed by atoms with Crippen LogP contribution < -0.4 is 4.72 Å². The van der Waals surface area contributed by atoms with E-state index in [4.69, 9.17) is 0 Å². The fraction of sp³-hybridized carbons (Fsp3) is 0.364. The summed E-state index contributed by atoms with van der Waals surface area (Å²) in [6, 6.07) is 7.84. The van der Waals surface area contributed by atoms with Crippen molar-refractivity contribution in [3.8, 4) is 0 Å². The fourth-order valence-electron chi connectivity index (χ4n) is 1.08. The summed E-state index contributed by atoms with van der Waals surface area (Å²) >= 11 is 1.40. The summed E-state index contributed by atoms with van der Waals surface area (Å²) < 4.78 is 25.5. The Morgan fingerprint density at radius 1 is 1.29 bits per heavy atom. The van der Waals surface area contributed by atoms with Crippen LogP contribution in [0, 0.1) is 0 Å². The molecule has 0 unspecified atom stereocenters. The zero-order valence-electron chi connectivity index (χ0n) is 9.71. The van der Waals surface area contributed by atoms with E-state index < -0.39 is 15.9 Å². The Morgan fingerprint density at radius 3 is 2.41 bits per heavy atom. The minimum absolute atomic E-state index is 0.0999. The minimum atomic E-state index is -3.72. The lowest BCUT2D eigenvalue weighted by molar-refractivity contribution is -0.116. The van der Waals surface area contributed by atoms with Crippen molar-refractivity contribution in [3.63, 3.8) is 0 Å². The molecule has 1 N–H and O–H groups in total. The first-order valence-electron chi connectivity index (χ1n) is 5.14. The topological polar surface area (TPSA) is 63.2 Å². The average Bonchev–Trinajstić information content (AvgIpc) is 2.27. The number of hydrogen-bond donors (Lipinski definition) is 1. The zero-order chi connectivity index (χ0) is 12.9. The van der Waals surface area contributed by atoms with Crippen LogP contribution in [0.15, 0.2) is 35.2 Å². The summed E-state index contributed by atoms with van der Waals surface area (Å²) in [4.78, 5) is 11.5. The number of amides is 1. The third-order valence-electron chi connectivity index (χ3n) is 1.85. The highest BCUT2D eigenvalue weighted by molar-refractivity contribution is 8.00. The molecule has 0 atom stereocenters. The largest absolute Gasteiger partial charge is 0.273 e. The maximum Gasteiger partial charge on any atom is 0.264 e. The molecule has 1 aromatic carbocycles. The fourth-order valence-corrected chi connectivity index (χ4v) is 2.73. The number of rotatable bonds is 5. The van der Waals surface area contributed by atoms with E-state index in [-0.39, 0.29) is 10.6 Å². The van der Waals surface area contributed by atoms with Gasteiger partial charge in [0.05, 0.1) is 10.6 Å². The first-order valence-corrected chi connectivity index (χ1v) is 7.67. The molecule has 6 heteroatoms. The van der Waals surface area contributed by atoms with Crippen molar-refractivity contribution in [2.75, 3.05) is 5.75 Å². The molecule has 1 aromatic rings. The maximum atomic E-state index is 11.7. The molecule has 0 aromatic heterocycles. The molecule has 0 aliphatic carbocycles. The van der Waals surface area contributed by atoms with Gasteiger partial charge in [0.25, 0.3) is 10.0 Å². The van der Waals surface area contributed by atoms with Crippen molar-refractivity contribution in [3.05, 3.63) is 30.3 Å². The Kier molecular flexibility index (Phi) is 5.02.